The van der Waals surface area contributed by atoms with E-state index in [4.69, 9.17) is 0 Å². The molecule has 13 heavy (non-hydrogen) atoms. The quantitative estimate of drug-likeness (QED) is 0.611. The van der Waals surface area contributed by atoms with Gasteiger partial charge >= 0.3 is 0 Å². The lowest BCUT2D eigenvalue weighted by Gasteiger charge is -2.23. The van der Waals surface area contributed by atoms with Crippen LogP contribution >= 0.6 is 0 Å². The zero-order chi connectivity index (χ0) is 9.64. The Hall–Kier alpha value is 0. The molecule has 2 fully saturated rings. The van der Waals surface area contributed by atoms with Crippen molar-refractivity contribution in [2.75, 3.05) is 0 Å². The van der Waals surface area contributed by atoms with E-state index in [2.05, 4.69) is 27.7 Å². The van der Waals surface area contributed by atoms with Gasteiger partial charge in [0.05, 0.1) is 0 Å². The van der Waals surface area contributed by atoms with Crippen LogP contribution in [0.2, 0.25) is 0 Å². The smallest absolute Gasteiger partial charge is 0.0238 e. The Morgan fingerprint density at radius 1 is 1.23 bits per heavy atom. The van der Waals surface area contributed by atoms with Crippen molar-refractivity contribution in [2.24, 2.45) is 29.1 Å². The van der Waals surface area contributed by atoms with E-state index in [1.165, 1.54) is 25.7 Å². The van der Waals surface area contributed by atoms with Crippen molar-refractivity contribution in [3.63, 3.8) is 0 Å². The van der Waals surface area contributed by atoms with Gasteiger partial charge in [0.1, 0.15) is 0 Å². The van der Waals surface area contributed by atoms with Crippen LogP contribution in [0.4, 0.5) is 0 Å². The van der Waals surface area contributed by atoms with Gasteiger partial charge in [-0.1, -0.05) is 40.5 Å². The van der Waals surface area contributed by atoms with E-state index in [-0.39, 0.29) is 0 Å². The topological polar surface area (TPSA) is 0 Å². The Morgan fingerprint density at radius 3 is 2.08 bits per heavy atom. The van der Waals surface area contributed by atoms with Crippen molar-refractivity contribution >= 4 is 0 Å². The second kappa shape index (κ2) is 3.00. The van der Waals surface area contributed by atoms with E-state index in [0.717, 1.165) is 29.1 Å². The molecule has 0 bridgehead atoms. The summed E-state index contributed by atoms with van der Waals surface area (Å²) in [4.78, 5) is 0. The lowest BCUT2D eigenvalue weighted by atomic mass is 9.82. The second-order valence-electron chi connectivity index (χ2n) is 5.67. The summed E-state index contributed by atoms with van der Waals surface area (Å²) >= 11 is 0. The Labute approximate surface area is 83.1 Å². The molecule has 0 nitrogen and oxygen atoms in total. The van der Waals surface area contributed by atoms with Gasteiger partial charge in [-0.15, -0.1) is 0 Å². The molecule has 0 aromatic rings. The van der Waals surface area contributed by atoms with Crippen LogP contribution in [-0.2, 0) is 0 Å². The second-order valence-corrected chi connectivity index (χ2v) is 5.67. The number of hydrogen-bond donors (Lipinski definition) is 0. The van der Waals surface area contributed by atoms with Gasteiger partial charge in [-0.05, 0) is 41.9 Å². The highest BCUT2D eigenvalue weighted by atomic mass is 14.7. The molecule has 76 valence electrons. The third kappa shape index (κ3) is 1.33. The highest BCUT2D eigenvalue weighted by Gasteiger charge is 2.63. The summed E-state index contributed by atoms with van der Waals surface area (Å²) in [5.41, 5.74) is 0.814. The third-order valence-corrected chi connectivity index (χ3v) is 5.02. The largest absolute Gasteiger partial charge is 0.0654 e. The molecule has 0 amide bonds. The van der Waals surface area contributed by atoms with Crippen LogP contribution in [0.5, 0.6) is 0 Å². The van der Waals surface area contributed by atoms with Crippen LogP contribution in [-0.4, -0.2) is 0 Å². The maximum atomic E-state index is 2.49. The molecule has 2 saturated carbocycles. The summed E-state index contributed by atoms with van der Waals surface area (Å²) in [7, 11) is 0. The molecule has 3 unspecified atom stereocenters. The molecular weight excluding hydrogens is 156 g/mol. The molecule has 2 aliphatic carbocycles. The highest BCUT2D eigenvalue weighted by Crippen LogP contribution is 2.70. The van der Waals surface area contributed by atoms with Gasteiger partial charge in [-0.3, -0.25) is 0 Å². The monoisotopic (exact) mass is 180 g/mol. The Kier molecular flexibility index (Phi) is 2.20. The van der Waals surface area contributed by atoms with Crippen molar-refractivity contribution in [1.29, 1.82) is 0 Å². The average Bonchev–Trinajstić information content (AvgIpc) is 2.94. The van der Waals surface area contributed by atoms with Gasteiger partial charge in [0.2, 0.25) is 0 Å². The van der Waals surface area contributed by atoms with E-state index in [9.17, 15) is 0 Å². The first-order valence-corrected chi connectivity index (χ1v) is 6.13. The van der Waals surface area contributed by atoms with Crippen LogP contribution in [0.25, 0.3) is 0 Å². The van der Waals surface area contributed by atoms with E-state index < -0.39 is 0 Å². The first-order valence-electron chi connectivity index (χ1n) is 6.13. The lowest BCUT2D eigenvalue weighted by molar-refractivity contribution is 0.255. The van der Waals surface area contributed by atoms with Crippen molar-refractivity contribution in [3.8, 4) is 0 Å². The van der Waals surface area contributed by atoms with Gasteiger partial charge < -0.3 is 0 Å². The third-order valence-electron chi connectivity index (χ3n) is 5.02. The molecule has 0 heterocycles. The molecule has 0 heteroatoms. The summed E-state index contributed by atoms with van der Waals surface area (Å²) < 4.78 is 0. The molecule has 0 aromatic heterocycles. The van der Waals surface area contributed by atoms with Crippen LogP contribution < -0.4 is 0 Å². The summed E-state index contributed by atoms with van der Waals surface area (Å²) in [6.07, 6.45) is 5.90. The van der Waals surface area contributed by atoms with E-state index in [1.54, 1.807) is 0 Å². The minimum Gasteiger partial charge on any atom is -0.0654 e. The minimum absolute atomic E-state index is 0.814. The molecular formula is C13H24. The molecule has 0 spiro atoms. The minimum atomic E-state index is 0.814. The number of rotatable bonds is 4. The molecule has 2 aliphatic rings. The van der Waals surface area contributed by atoms with Gasteiger partial charge in [0, 0.05) is 0 Å². The van der Waals surface area contributed by atoms with E-state index in [1.807, 2.05) is 0 Å². The zero-order valence-corrected chi connectivity index (χ0v) is 9.64. The summed E-state index contributed by atoms with van der Waals surface area (Å²) in [5.74, 6) is 4.15. The molecule has 0 aromatic carbocycles. The van der Waals surface area contributed by atoms with Crippen LogP contribution in [0.15, 0.2) is 0 Å². The van der Waals surface area contributed by atoms with E-state index >= 15 is 0 Å². The van der Waals surface area contributed by atoms with Crippen molar-refractivity contribution in [2.45, 2.75) is 53.4 Å². The lowest BCUT2D eigenvalue weighted by Crippen LogP contribution is -2.16. The first kappa shape index (κ1) is 9.55. The standard InChI is InChI=1S/C13H24/c1-5-6-9(2)13(7-8-13)12-10(3)11(12)4/h9-12H,5-8H2,1-4H3. The summed E-state index contributed by atoms with van der Waals surface area (Å²) in [6, 6.07) is 0. The van der Waals surface area contributed by atoms with Crippen molar-refractivity contribution in [3.05, 3.63) is 0 Å². The molecule has 3 atom stereocenters. The fourth-order valence-electron chi connectivity index (χ4n) is 3.73. The summed E-state index contributed by atoms with van der Waals surface area (Å²) in [6.45, 7) is 9.72. The molecule has 2 rings (SSSR count). The number of hydrogen-bond acceptors (Lipinski definition) is 0. The molecule has 0 aliphatic heterocycles. The highest BCUT2D eigenvalue weighted by molar-refractivity contribution is 5.12. The summed E-state index contributed by atoms with van der Waals surface area (Å²) in [5, 5.41) is 0. The van der Waals surface area contributed by atoms with E-state index in [0.29, 0.717) is 0 Å². The predicted octanol–water partition coefficient (Wildman–Crippen LogP) is 4.10. The van der Waals surface area contributed by atoms with Crippen molar-refractivity contribution in [1.82, 2.24) is 0 Å². The molecule has 0 N–H and O–H groups in total. The SMILES string of the molecule is CCCC(C)C1(C2C(C)C2C)CC1. The van der Waals surface area contributed by atoms with Crippen LogP contribution in [0.1, 0.15) is 53.4 Å². The van der Waals surface area contributed by atoms with Gasteiger partial charge in [-0.2, -0.15) is 0 Å². The molecule has 0 saturated heterocycles. The maximum absolute atomic E-state index is 2.49. The zero-order valence-electron chi connectivity index (χ0n) is 9.64. The maximum Gasteiger partial charge on any atom is -0.0238 e. The van der Waals surface area contributed by atoms with Crippen molar-refractivity contribution < 1.29 is 0 Å². The Balaban J connectivity index is 1.97. The van der Waals surface area contributed by atoms with Gasteiger partial charge in [-0.25, -0.2) is 0 Å². The fourth-order valence-corrected chi connectivity index (χ4v) is 3.73. The van der Waals surface area contributed by atoms with Gasteiger partial charge in [0.15, 0.2) is 0 Å². The van der Waals surface area contributed by atoms with Crippen LogP contribution in [0, 0.1) is 29.1 Å². The Bertz CT molecular complexity index is 182. The first-order chi connectivity index (χ1) is 6.13. The van der Waals surface area contributed by atoms with Crippen LogP contribution in [0.3, 0.4) is 0 Å². The average molecular weight is 180 g/mol. The molecule has 0 radical (unpaired) electrons. The predicted molar refractivity (Wildman–Crippen MR) is 57.6 cm³/mol. The normalized spacial score (nSPS) is 42.9. The Morgan fingerprint density at radius 2 is 1.77 bits per heavy atom. The fraction of sp³-hybridized carbons (Fsp3) is 1.00. The van der Waals surface area contributed by atoms with Gasteiger partial charge in [0.25, 0.3) is 0 Å².